The molecule has 2 atom stereocenters. The number of hydrogen-bond donors (Lipinski definition) is 3. The van der Waals surface area contributed by atoms with Gasteiger partial charge in [-0.15, -0.1) is 13.2 Å². The predicted molar refractivity (Wildman–Crippen MR) is 109 cm³/mol. The molecule has 28 heavy (non-hydrogen) atoms. The summed E-state index contributed by atoms with van der Waals surface area (Å²) in [5.74, 6) is 4.81. The van der Waals surface area contributed by atoms with Gasteiger partial charge in [0.15, 0.2) is 6.04 Å². The zero-order valence-electron chi connectivity index (χ0n) is 15.9. The molecule has 1 amide bonds. The highest BCUT2D eigenvalue weighted by Gasteiger charge is 2.26. The molecular formula is C22H24N2O4. The van der Waals surface area contributed by atoms with Crippen LogP contribution in [0, 0.1) is 11.8 Å². The third kappa shape index (κ3) is 6.63. The first-order valence-electron chi connectivity index (χ1n) is 8.45. The lowest BCUT2D eigenvalue weighted by atomic mass is 10.1. The van der Waals surface area contributed by atoms with E-state index < -0.39 is 24.0 Å². The van der Waals surface area contributed by atoms with Crippen LogP contribution in [0.5, 0.6) is 0 Å². The van der Waals surface area contributed by atoms with Crippen molar-refractivity contribution in [3.63, 3.8) is 0 Å². The van der Waals surface area contributed by atoms with Gasteiger partial charge in [0.2, 0.25) is 0 Å². The van der Waals surface area contributed by atoms with E-state index in [1.54, 1.807) is 36.4 Å². The number of aliphatic hydroxyl groups is 1. The van der Waals surface area contributed by atoms with Crippen molar-refractivity contribution in [3.8, 4) is 11.8 Å². The lowest BCUT2D eigenvalue weighted by Crippen LogP contribution is -2.48. The normalized spacial score (nSPS) is 11.5. The van der Waals surface area contributed by atoms with Crippen LogP contribution < -0.4 is 11.1 Å². The zero-order chi connectivity index (χ0) is 21.1. The molecule has 4 N–H and O–H groups in total. The summed E-state index contributed by atoms with van der Waals surface area (Å²) in [4.78, 5) is 23.8. The van der Waals surface area contributed by atoms with Gasteiger partial charge >= 0.3 is 5.97 Å². The van der Waals surface area contributed by atoms with Gasteiger partial charge in [0.05, 0.1) is 13.2 Å². The smallest absolute Gasteiger partial charge is 0.331 e. The number of carbonyl (C=O) groups excluding carboxylic acids is 2. The number of rotatable bonds is 4. The van der Waals surface area contributed by atoms with Crippen LogP contribution in [0.1, 0.15) is 28.4 Å². The number of nitrogen functional groups attached to an aromatic ring is 1. The Bertz CT molecular complexity index is 847. The largest absolute Gasteiger partial charge is 0.467 e. The molecule has 0 saturated carbocycles. The Balaban J connectivity index is 0.00000190. The number of anilines is 1. The third-order valence-corrected chi connectivity index (χ3v) is 3.63. The highest BCUT2D eigenvalue weighted by molar-refractivity contribution is 5.97. The second kappa shape index (κ2) is 11.2. The molecule has 0 radical (unpaired) electrons. The quantitative estimate of drug-likeness (QED) is 0.326. The van der Waals surface area contributed by atoms with Crippen molar-refractivity contribution in [1.29, 1.82) is 0 Å². The molecule has 2 aromatic rings. The maximum atomic E-state index is 12.2. The molecule has 0 spiro atoms. The molecule has 0 heterocycles. The monoisotopic (exact) mass is 380 g/mol. The van der Waals surface area contributed by atoms with Gasteiger partial charge < -0.3 is 20.9 Å². The second-order valence-corrected chi connectivity index (χ2v) is 5.66. The fraction of sp³-hybridized carbons (Fsp3) is 0.182. The lowest BCUT2D eigenvalue weighted by molar-refractivity contribution is -0.145. The van der Waals surface area contributed by atoms with Gasteiger partial charge in [-0.2, -0.15) is 0 Å². The first-order valence-corrected chi connectivity index (χ1v) is 8.45. The highest BCUT2D eigenvalue weighted by atomic mass is 16.5. The van der Waals surface area contributed by atoms with Crippen LogP contribution in [0.3, 0.4) is 0 Å². The van der Waals surface area contributed by atoms with Crippen molar-refractivity contribution in [2.45, 2.75) is 19.1 Å². The molecule has 0 saturated heterocycles. The van der Waals surface area contributed by atoms with E-state index in [0.29, 0.717) is 11.3 Å². The first kappa shape index (κ1) is 22.5. The summed E-state index contributed by atoms with van der Waals surface area (Å²) in [6.07, 6.45) is -1.07. The van der Waals surface area contributed by atoms with Crippen molar-refractivity contribution in [2.75, 3.05) is 12.8 Å². The summed E-state index contributed by atoms with van der Waals surface area (Å²) in [5, 5.41) is 12.1. The molecule has 0 bridgehead atoms. The summed E-state index contributed by atoms with van der Waals surface area (Å²) in [6.45, 7) is 7.40. The van der Waals surface area contributed by atoms with Crippen LogP contribution in [0.4, 0.5) is 5.69 Å². The maximum Gasteiger partial charge on any atom is 0.331 e. The number of ether oxygens (including phenoxy) is 1. The fourth-order valence-corrected chi connectivity index (χ4v) is 2.14. The minimum atomic E-state index is -1.13. The lowest BCUT2D eigenvalue weighted by Gasteiger charge is -2.18. The van der Waals surface area contributed by atoms with Crippen molar-refractivity contribution in [3.05, 3.63) is 78.4 Å². The SMILES string of the molecule is C=C.COC(=O)C(NC(=O)c1ccc(C#Cc2ccc(N)cc2)cc1)C(C)O. The molecule has 2 aromatic carbocycles. The van der Waals surface area contributed by atoms with E-state index in [0.717, 1.165) is 11.1 Å². The van der Waals surface area contributed by atoms with E-state index in [9.17, 15) is 14.7 Å². The summed E-state index contributed by atoms with van der Waals surface area (Å²) in [6, 6.07) is 12.7. The Morgan fingerprint density at radius 1 is 1.04 bits per heavy atom. The standard InChI is InChI=1S/C20H20N2O4.C2H4/c1-13(23)18(20(25)26-2)22-19(24)16-9-5-14(6-10-16)3-4-15-7-11-17(21)12-8-15;1-2/h5-13,18,23H,21H2,1-2H3,(H,22,24);1-2H2. The van der Waals surface area contributed by atoms with Crippen molar-refractivity contribution < 1.29 is 19.4 Å². The van der Waals surface area contributed by atoms with Gasteiger partial charge in [0, 0.05) is 22.4 Å². The zero-order valence-corrected chi connectivity index (χ0v) is 15.9. The highest BCUT2D eigenvalue weighted by Crippen LogP contribution is 2.07. The Kier molecular flexibility index (Phi) is 9.01. The summed E-state index contributed by atoms with van der Waals surface area (Å²) in [7, 11) is 1.19. The molecule has 0 aliphatic rings. The predicted octanol–water partition coefficient (Wildman–Crippen LogP) is 2.12. The van der Waals surface area contributed by atoms with E-state index in [2.05, 4.69) is 35.1 Å². The Morgan fingerprint density at radius 3 is 1.93 bits per heavy atom. The molecule has 0 aliphatic carbocycles. The minimum Gasteiger partial charge on any atom is -0.467 e. The van der Waals surface area contributed by atoms with Gasteiger partial charge in [0.25, 0.3) is 5.91 Å². The third-order valence-electron chi connectivity index (χ3n) is 3.63. The van der Waals surface area contributed by atoms with E-state index in [-0.39, 0.29) is 0 Å². The number of hydrogen-bond acceptors (Lipinski definition) is 5. The van der Waals surface area contributed by atoms with E-state index in [1.165, 1.54) is 14.0 Å². The van der Waals surface area contributed by atoms with Crippen LogP contribution in [-0.4, -0.2) is 36.2 Å². The fourth-order valence-electron chi connectivity index (χ4n) is 2.14. The van der Waals surface area contributed by atoms with Crippen LogP contribution in [0.15, 0.2) is 61.7 Å². The number of amides is 1. The van der Waals surface area contributed by atoms with Gasteiger partial charge in [0.1, 0.15) is 0 Å². The van der Waals surface area contributed by atoms with E-state index in [4.69, 9.17) is 5.73 Å². The van der Waals surface area contributed by atoms with Gasteiger partial charge in [-0.1, -0.05) is 11.8 Å². The molecule has 6 nitrogen and oxygen atoms in total. The van der Waals surface area contributed by atoms with Crippen molar-refractivity contribution in [2.24, 2.45) is 0 Å². The molecule has 0 fully saturated rings. The number of nitrogens with two attached hydrogens (primary N) is 1. The van der Waals surface area contributed by atoms with Gasteiger partial charge in [-0.05, 0) is 55.5 Å². The average Bonchev–Trinajstić information content (AvgIpc) is 2.72. The molecule has 6 heteroatoms. The average molecular weight is 380 g/mol. The van der Waals surface area contributed by atoms with Crippen LogP contribution in [-0.2, 0) is 9.53 Å². The van der Waals surface area contributed by atoms with Crippen molar-refractivity contribution in [1.82, 2.24) is 5.32 Å². The number of methoxy groups -OCH3 is 1. The second-order valence-electron chi connectivity index (χ2n) is 5.66. The molecule has 2 rings (SSSR count). The number of carbonyl (C=O) groups is 2. The topological polar surface area (TPSA) is 102 Å². The van der Waals surface area contributed by atoms with Crippen LogP contribution in [0.2, 0.25) is 0 Å². The van der Waals surface area contributed by atoms with Gasteiger partial charge in [-0.25, -0.2) is 4.79 Å². The summed E-state index contributed by atoms with van der Waals surface area (Å²) < 4.78 is 4.57. The Labute approximate surface area is 165 Å². The van der Waals surface area contributed by atoms with E-state index in [1.807, 2.05) is 12.1 Å². The summed E-state index contributed by atoms with van der Waals surface area (Å²) in [5.41, 5.74) is 8.22. The van der Waals surface area contributed by atoms with Crippen molar-refractivity contribution >= 4 is 17.6 Å². The van der Waals surface area contributed by atoms with E-state index >= 15 is 0 Å². The Morgan fingerprint density at radius 2 is 1.50 bits per heavy atom. The number of benzene rings is 2. The van der Waals surface area contributed by atoms with Gasteiger partial charge in [-0.3, -0.25) is 4.79 Å². The molecule has 0 aromatic heterocycles. The minimum absolute atomic E-state index is 0.345. The molecule has 2 unspecified atom stereocenters. The van der Waals surface area contributed by atoms with Crippen LogP contribution in [0.25, 0.3) is 0 Å². The molecular weight excluding hydrogens is 356 g/mol. The first-order chi connectivity index (χ1) is 13.4. The number of nitrogens with one attached hydrogen (secondary N) is 1. The van der Waals surface area contributed by atoms with Crippen LogP contribution >= 0.6 is 0 Å². The molecule has 146 valence electrons. The maximum absolute atomic E-state index is 12.2. The summed E-state index contributed by atoms with van der Waals surface area (Å²) >= 11 is 0. The number of aliphatic hydroxyl groups excluding tert-OH is 1. The number of esters is 1. The molecule has 0 aliphatic heterocycles. The Hall–Kier alpha value is -3.56.